The number of nitrogens with one attached hydrogen (secondary N) is 1. The van der Waals surface area contributed by atoms with Crippen LogP contribution in [0.4, 0.5) is 9.18 Å². The molecular formula is C21H26FN3O3. The molecule has 2 aromatic carbocycles. The largest absolute Gasteiger partial charge is 0.497 e. The molecule has 2 aromatic rings. The molecule has 0 radical (unpaired) electrons. The number of halogens is 1. The maximum atomic E-state index is 13.8. The number of piperazine rings is 1. The molecule has 0 bridgehead atoms. The van der Waals surface area contributed by atoms with Crippen LogP contribution in [0.5, 0.6) is 11.5 Å². The van der Waals surface area contributed by atoms with Crippen molar-refractivity contribution in [3.8, 4) is 11.5 Å². The summed E-state index contributed by atoms with van der Waals surface area (Å²) in [5.41, 5.74) is 0.691. The van der Waals surface area contributed by atoms with Crippen molar-refractivity contribution in [3.05, 3.63) is 59.9 Å². The van der Waals surface area contributed by atoms with Crippen molar-refractivity contribution in [1.29, 1.82) is 0 Å². The monoisotopic (exact) mass is 387 g/mol. The van der Waals surface area contributed by atoms with Gasteiger partial charge in [0.1, 0.15) is 23.9 Å². The van der Waals surface area contributed by atoms with Crippen LogP contribution in [-0.4, -0.2) is 62.3 Å². The number of amides is 2. The van der Waals surface area contributed by atoms with E-state index in [0.29, 0.717) is 38.3 Å². The maximum absolute atomic E-state index is 13.8. The first-order valence-electron chi connectivity index (χ1n) is 9.41. The van der Waals surface area contributed by atoms with Gasteiger partial charge in [-0.05, 0) is 30.3 Å². The van der Waals surface area contributed by atoms with Gasteiger partial charge in [0.05, 0.1) is 13.7 Å². The van der Waals surface area contributed by atoms with Crippen LogP contribution in [0.1, 0.15) is 5.56 Å². The van der Waals surface area contributed by atoms with Gasteiger partial charge < -0.3 is 19.7 Å². The van der Waals surface area contributed by atoms with E-state index in [4.69, 9.17) is 9.47 Å². The first-order valence-corrected chi connectivity index (χ1v) is 9.41. The fourth-order valence-corrected chi connectivity index (χ4v) is 3.09. The molecule has 0 saturated carbocycles. The second-order valence-corrected chi connectivity index (χ2v) is 6.61. The molecule has 0 aromatic heterocycles. The number of ether oxygens (including phenoxy) is 2. The van der Waals surface area contributed by atoms with Gasteiger partial charge in [0.15, 0.2) is 0 Å². The third kappa shape index (κ3) is 5.60. The van der Waals surface area contributed by atoms with Gasteiger partial charge in [-0.25, -0.2) is 9.18 Å². The van der Waals surface area contributed by atoms with Crippen molar-refractivity contribution < 1.29 is 18.7 Å². The lowest BCUT2D eigenvalue weighted by molar-refractivity contribution is 0.133. The van der Waals surface area contributed by atoms with E-state index in [0.717, 1.165) is 24.6 Å². The van der Waals surface area contributed by atoms with E-state index in [2.05, 4.69) is 10.2 Å². The molecule has 28 heavy (non-hydrogen) atoms. The highest BCUT2D eigenvalue weighted by Gasteiger charge is 2.21. The van der Waals surface area contributed by atoms with Gasteiger partial charge >= 0.3 is 6.03 Å². The van der Waals surface area contributed by atoms with E-state index in [1.54, 1.807) is 24.1 Å². The summed E-state index contributed by atoms with van der Waals surface area (Å²) < 4.78 is 24.5. The lowest BCUT2D eigenvalue weighted by Crippen LogP contribution is -2.51. The number of hydrogen-bond donors (Lipinski definition) is 1. The summed E-state index contributed by atoms with van der Waals surface area (Å²) >= 11 is 0. The highest BCUT2D eigenvalue weighted by molar-refractivity contribution is 5.74. The summed E-state index contributed by atoms with van der Waals surface area (Å²) in [4.78, 5) is 16.2. The van der Waals surface area contributed by atoms with Crippen LogP contribution < -0.4 is 14.8 Å². The minimum atomic E-state index is -0.181. The van der Waals surface area contributed by atoms with Crippen molar-refractivity contribution in [2.45, 2.75) is 6.54 Å². The molecule has 2 amide bonds. The molecule has 1 aliphatic heterocycles. The second-order valence-electron chi connectivity index (χ2n) is 6.61. The van der Waals surface area contributed by atoms with Crippen molar-refractivity contribution in [2.24, 2.45) is 0 Å². The quantitative estimate of drug-likeness (QED) is 0.743. The maximum Gasteiger partial charge on any atom is 0.317 e. The fourth-order valence-electron chi connectivity index (χ4n) is 3.09. The van der Waals surface area contributed by atoms with E-state index in [1.165, 1.54) is 6.07 Å². The SMILES string of the molecule is COc1ccc(OCCNC(=O)N2CCN(Cc3ccccc3F)CC2)cc1. The lowest BCUT2D eigenvalue weighted by atomic mass is 10.2. The van der Waals surface area contributed by atoms with E-state index >= 15 is 0 Å². The summed E-state index contributed by atoms with van der Waals surface area (Å²) in [5, 5.41) is 2.88. The third-order valence-electron chi connectivity index (χ3n) is 4.72. The van der Waals surface area contributed by atoms with Crippen LogP contribution in [0.3, 0.4) is 0 Å². The molecule has 0 atom stereocenters. The van der Waals surface area contributed by atoms with Gasteiger partial charge in [0, 0.05) is 38.3 Å². The number of nitrogens with zero attached hydrogens (tertiary/aromatic N) is 2. The van der Waals surface area contributed by atoms with Crippen molar-refractivity contribution in [3.63, 3.8) is 0 Å². The smallest absolute Gasteiger partial charge is 0.317 e. The van der Waals surface area contributed by atoms with E-state index in [1.807, 2.05) is 30.3 Å². The zero-order valence-corrected chi connectivity index (χ0v) is 16.1. The number of rotatable bonds is 7. The van der Waals surface area contributed by atoms with Crippen LogP contribution in [0.25, 0.3) is 0 Å². The van der Waals surface area contributed by atoms with Crippen LogP contribution >= 0.6 is 0 Å². The van der Waals surface area contributed by atoms with Crippen LogP contribution in [0.2, 0.25) is 0 Å². The Labute approximate surface area is 164 Å². The van der Waals surface area contributed by atoms with Gasteiger partial charge in [-0.2, -0.15) is 0 Å². The predicted molar refractivity (Wildman–Crippen MR) is 105 cm³/mol. The van der Waals surface area contributed by atoms with E-state index in [9.17, 15) is 9.18 Å². The summed E-state index contributed by atoms with van der Waals surface area (Å²) in [7, 11) is 1.62. The molecule has 1 fully saturated rings. The summed E-state index contributed by atoms with van der Waals surface area (Å²) in [6.07, 6.45) is 0. The van der Waals surface area contributed by atoms with Crippen LogP contribution in [0.15, 0.2) is 48.5 Å². The van der Waals surface area contributed by atoms with Gasteiger partial charge in [0.25, 0.3) is 0 Å². The number of carbonyl (C=O) groups excluding carboxylic acids is 1. The lowest BCUT2D eigenvalue weighted by Gasteiger charge is -2.34. The Morgan fingerprint density at radius 3 is 2.39 bits per heavy atom. The molecule has 3 rings (SSSR count). The van der Waals surface area contributed by atoms with Crippen molar-refractivity contribution in [1.82, 2.24) is 15.1 Å². The second kappa shape index (κ2) is 9.94. The normalized spacial score (nSPS) is 14.6. The Balaban J connectivity index is 1.34. The number of urea groups is 1. The first kappa shape index (κ1) is 19.9. The average Bonchev–Trinajstić information content (AvgIpc) is 2.73. The fraction of sp³-hybridized carbons (Fsp3) is 0.381. The number of benzene rings is 2. The number of carbonyl (C=O) groups is 1. The predicted octanol–water partition coefficient (Wildman–Crippen LogP) is 2.74. The number of methoxy groups -OCH3 is 1. The Morgan fingerprint density at radius 1 is 1.04 bits per heavy atom. The van der Waals surface area contributed by atoms with E-state index < -0.39 is 0 Å². The molecule has 1 N–H and O–H groups in total. The average molecular weight is 387 g/mol. The molecule has 0 aliphatic carbocycles. The van der Waals surface area contributed by atoms with Gasteiger partial charge in [-0.3, -0.25) is 4.90 Å². The molecule has 0 unspecified atom stereocenters. The van der Waals surface area contributed by atoms with Gasteiger partial charge in [-0.1, -0.05) is 18.2 Å². The highest BCUT2D eigenvalue weighted by atomic mass is 19.1. The Kier molecular flexibility index (Phi) is 7.08. The van der Waals surface area contributed by atoms with Gasteiger partial charge in [0.2, 0.25) is 0 Å². The molecule has 7 heteroatoms. The van der Waals surface area contributed by atoms with Crippen LogP contribution in [-0.2, 0) is 6.54 Å². The summed E-state index contributed by atoms with van der Waals surface area (Å²) in [5.74, 6) is 1.33. The molecule has 1 saturated heterocycles. The Morgan fingerprint density at radius 2 is 1.71 bits per heavy atom. The molecule has 0 spiro atoms. The molecular weight excluding hydrogens is 361 g/mol. The standard InChI is InChI=1S/C21H26FN3O3/c1-27-18-6-8-19(9-7-18)28-15-10-23-21(26)25-13-11-24(12-14-25)16-17-4-2-3-5-20(17)22/h2-9H,10-16H2,1H3,(H,23,26). The molecule has 150 valence electrons. The van der Waals surface area contributed by atoms with E-state index in [-0.39, 0.29) is 11.8 Å². The summed E-state index contributed by atoms with van der Waals surface area (Å²) in [6, 6.07) is 14.0. The topological polar surface area (TPSA) is 54.0 Å². The molecule has 1 heterocycles. The highest BCUT2D eigenvalue weighted by Crippen LogP contribution is 2.16. The zero-order valence-electron chi connectivity index (χ0n) is 16.1. The summed E-state index contributed by atoms with van der Waals surface area (Å²) in [6.45, 7) is 4.09. The van der Waals surface area contributed by atoms with Crippen molar-refractivity contribution in [2.75, 3.05) is 46.4 Å². The zero-order chi connectivity index (χ0) is 19.8. The number of hydrogen-bond acceptors (Lipinski definition) is 4. The van der Waals surface area contributed by atoms with Gasteiger partial charge in [-0.15, -0.1) is 0 Å². The molecule has 1 aliphatic rings. The van der Waals surface area contributed by atoms with Crippen molar-refractivity contribution >= 4 is 6.03 Å². The molecule has 6 nitrogen and oxygen atoms in total. The minimum Gasteiger partial charge on any atom is -0.497 e. The Bertz CT molecular complexity index is 762. The Hall–Kier alpha value is -2.80. The van der Waals surface area contributed by atoms with Crippen LogP contribution in [0, 0.1) is 5.82 Å². The third-order valence-corrected chi connectivity index (χ3v) is 4.72. The minimum absolute atomic E-state index is 0.0936. The first-order chi connectivity index (χ1) is 13.7.